The van der Waals surface area contributed by atoms with Crippen LogP contribution in [-0.4, -0.2) is 40.8 Å². The molecule has 3 aromatic carbocycles. The van der Waals surface area contributed by atoms with Crippen LogP contribution in [-0.2, 0) is 16.1 Å². The van der Waals surface area contributed by atoms with Crippen molar-refractivity contribution in [2.75, 3.05) is 12.0 Å². The number of rotatable bonds is 7. The van der Waals surface area contributed by atoms with Gasteiger partial charge >= 0.3 is 0 Å². The molecule has 2 aromatic heterocycles. The number of ether oxygens (including phenoxy) is 1. The quantitative estimate of drug-likeness (QED) is 0.275. The minimum Gasteiger partial charge on any atom is -0.497 e. The molecule has 0 N–H and O–H groups in total. The maximum absolute atomic E-state index is 13.6. The second-order valence-corrected chi connectivity index (χ2v) is 9.07. The maximum atomic E-state index is 13.6. The first kappa shape index (κ1) is 24.2. The second kappa shape index (κ2) is 9.94. The van der Waals surface area contributed by atoms with Crippen molar-refractivity contribution >= 4 is 34.5 Å². The SMILES string of the molecule is COc1cccc(C(=O)N(Cc2ccco2)C2CC(=O)N(c3ccc(-c4nc5ccccc5o4)cc3)C2=O)c1. The van der Waals surface area contributed by atoms with Crippen molar-refractivity contribution in [1.29, 1.82) is 0 Å². The number of hydrogen-bond donors (Lipinski definition) is 0. The normalized spacial score (nSPS) is 15.2. The van der Waals surface area contributed by atoms with Crippen LogP contribution in [0.4, 0.5) is 5.69 Å². The molecule has 3 heterocycles. The van der Waals surface area contributed by atoms with E-state index in [1.165, 1.54) is 18.3 Å². The van der Waals surface area contributed by atoms with Crippen LogP contribution in [0, 0.1) is 0 Å². The second-order valence-electron chi connectivity index (χ2n) is 9.07. The van der Waals surface area contributed by atoms with E-state index in [0.717, 1.165) is 10.4 Å². The van der Waals surface area contributed by atoms with Crippen molar-refractivity contribution in [3.05, 3.63) is 103 Å². The van der Waals surface area contributed by atoms with Gasteiger partial charge in [-0.25, -0.2) is 9.88 Å². The number of fused-ring (bicyclic) bond motifs is 1. The summed E-state index contributed by atoms with van der Waals surface area (Å²) in [5.41, 5.74) is 2.85. The van der Waals surface area contributed by atoms with Crippen molar-refractivity contribution in [1.82, 2.24) is 9.88 Å². The number of para-hydroxylation sites is 2. The molecule has 1 saturated heterocycles. The minimum absolute atomic E-state index is 0.0250. The maximum Gasteiger partial charge on any atom is 0.257 e. The molecule has 1 fully saturated rings. The van der Waals surface area contributed by atoms with Gasteiger partial charge in [0.15, 0.2) is 5.58 Å². The molecule has 5 aromatic rings. The van der Waals surface area contributed by atoms with E-state index >= 15 is 0 Å². The number of oxazole rings is 1. The van der Waals surface area contributed by atoms with Crippen LogP contribution in [0.5, 0.6) is 5.75 Å². The van der Waals surface area contributed by atoms with Crippen molar-refractivity contribution in [3.63, 3.8) is 0 Å². The van der Waals surface area contributed by atoms with Gasteiger partial charge in [0.1, 0.15) is 23.1 Å². The molecule has 0 saturated carbocycles. The monoisotopic (exact) mass is 521 g/mol. The number of carbonyl (C=O) groups excluding carboxylic acids is 3. The van der Waals surface area contributed by atoms with Gasteiger partial charge in [0, 0.05) is 11.1 Å². The Labute approximate surface area is 223 Å². The molecule has 3 amide bonds. The molecule has 39 heavy (non-hydrogen) atoms. The number of carbonyl (C=O) groups is 3. The predicted molar refractivity (Wildman–Crippen MR) is 142 cm³/mol. The highest BCUT2D eigenvalue weighted by atomic mass is 16.5. The molecule has 1 unspecified atom stereocenters. The molecule has 9 heteroatoms. The highest BCUT2D eigenvalue weighted by Crippen LogP contribution is 2.31. The lowest BCUT2D eigenvalue weighted by Crippen LogP contribution is -2.45. The van der Waals surface area contributed by atoms with Gasteiger partial charge in [0.2, 0.25) is 11.8 Å². The van der Waals surface area contributed by atoms with Gasteiger partial charge in [-0.05, 0) is 66.7 Å². The van der Waals surface area contributed by atoms with Gasteiger partial charge in [0.25, 0.3) is 11.8 Å². The topological polar surface area (TPSA) is 106 Å². The summed E-state index contributed by atoms with van der Waals surface area (Å²) in [6.07, 6.45) is 1.35. The van der Waals surface area contributed by atoms with Crippen molar-refractivity contribution in [3.8, 4) is 17.2 Å². The number of anilines is 1. The molecular weight excluding hydrogens is 498 g/mol. The van der Waals surface area contributed by atoms with E-state index in [0.29, 0.717) is 39.8 Å². The zero-order chi connectivity index (χ0) is 26.9. The van der Waals surface area contributed by atoms with Gasteiger partial charge in [-0.1, -0.05) is 18.2 Å². The lowest BCUT2D eigenvalue weighted by molar-refractivity contribution is -0.122. The number of nitrogens with zero attached hydrogens (tertiary/aromatic N) is 3. The van der Waals surface area contributed by atoms with Crippen LogP contribution in [0.15, 0.2) is 100 Å². The number of hydrogen-bond acceptors (Lipinski definition) is 7. The van der Waals surface area contributed by atoms with E-state index in [1.54, 1.807) is 60.7 Å². The average Bonchev–Trinajstić information content (AvgIpc) is 3.71. The molecule has 0 radical (unpaired) electrons. The van der Waals surface area contributed by atoms with Crippen LogP contribution in [0.25, 0.3) is 22.6 Å². The van der Waals surface area contributed by atoms with Crippen molar-refractivity contribution in [2.45, 2.75) is 19.0 Å². The summed E-state index contributed by atoms with van der Waals surface area (Å²) < 4.78 is 16.5. The highest BCUT2D eigenvalue weighted by molar-refractivity contribution is 6.23. The third kappa shape index (κ3) is 4.54. The Morgan fingerprint density at radius 2 is 1.85 bits per heavy atom. The van der Waals surface area contributed by atoms with Crippen LogP contribution in [0.2, 0.25) is 0 Å². The van der Waals surface area contributed by atoms with Crippen LogP contribution < -0.4 is 9.64 Å². The lowest BCUT2D eigenvalue weighted by Gasteiger charge is -2.27. The Hall–Kier alpha value is -5.18. The van der Waals surface area contributed by atoms with Gasteiger partial charge in [0.05, 0.1) is 32.0 Å². The summed E-state index contributed by atoms with van der Waals surface area (Å²) in [4.78, 5) is 47.4. The van der Waals surface area contributed by atoms with Crippen molar-refractivity contribution in [2.24, 2.45) is 0 Å². The molecule has 1 atom stereocenters. The van der Waals surface area contributed by atoms with Gasteiger partial charge in [-0.15, -0.1) is 0 Å². The fourth-order valence-corrected chi connectivity index (χ4v) is 4.70. The highest BCUT2D eigenvalue weighted by Gasteiger charge is 2.44. The summed E-state index contributed by atoms with van der Waals surface area (Å²) in [6, 6.07) is 23.4. The Balaban J connectivity index is 1.28. The smallest absolute Gasteiger partial charge is 0.257 e. The zero-order valence-corrected chi connectivity index (χ0v) is 20.9. The third-order valence-electron chi connectivity index (χ3n) is 6.65. The predicted octanol–water partition coefficient (Wildman–Crippen LogP) is 5.07. The largest absolute Gasteiger partial charge is 0.497 e. The number of imide groups is 1. The molecule has 1 aliphatic rings. The molecular formula is C30H23N3O6. The molecule has 0 bridgehead atoms. The molecule has 1 aliphatic heterocycles. The minimum atomic E-state index is -1.00. The Bertz CT molecular complexity index is 1640. The van der Waals surface area contributed by atoms with Gasteiger partial charge < -0.3 is 18.5 Å². The summed E-state index contributed by atoms with van der Waals surface area (Å²) in [6.45, 7) is 0.0250. The summed E-state index contributed by atoms with van der Waals surface area (Å²) in [5, 5.41) is 0. The van der Waals surface area contributed by atoms with Crippen molar-refractivity contribution < 1.29 is 28.0 Å². The number of aromatic nitrogens is 1. The Morgan fingerprint density at radius 3 is 2.59 bits per heavy atom. The number of furan rings is 1. The molecule has 6 rings (SSSR count). The lowest BCUT2D eigenvalue weighted by atomic mass is 10.1. The summed E-state index contributed by atoms with van der Waals surface area (Å²) in [5.74, 6) is 0.138. The van der Waals surface area contributed by atoms with E-state index in [9.17, 15) is 14.4 Å². The first-order valence-corrected chi connectivity index (χ1v) is 12.3. The third-order valence-corrected chi connectivity index (χ3v) is 6.65. The molecule has 0 aliphatic carbocycles. The number of amides is 3. The van der Waals surface area contributed by atoms with Crippen LogP contribution in [0.3, 0.4) is 0 Å². The average molecular weight is 522 g/mol. The fourth-order valence-electron chi connectivity index (χ4n) is 4.70. The number of benzene rings is 3. The number of methoxy groups -OCH3 is 1. The zero-order valence-electron chi connectivity index (χ0n) is 20.9. The summed E-state index contributed by atoms with van der Waals surface area (Å²) >= 11 is 0. The van der Waals surface area contributed by atoms with E-state index in [4.69, 9.17) is 13.6 Å². The van der Waals surface area contributed by atoms with E-state index < -0.39 is 23.8 Å². The first-order chi connectivity index (χ1) is 19.0. The van der Waals surface area contributed by atoms with E-state index in [1.807, 2.05) is 24.3 Å². The Kier molecular flexibility index (Phi) is 6.16. The standard InChI is InChI=1S/C30H23N3O6/c1-37-22-7-4-6-20(16-22)29(35)32(18-23-8-5-15-38-23)25-17-27(34)33(30(25)36)21-13-11-19(12-14-21)28-31-24-9-2-3-10-26(24)39-28/h2-16,25H,17-18H2,1H3. The Morgan fingerprint density at radius 1 is 1.03 bits per heavy atom. The summed E-state index contributed by atoms with van der Waals surface area (Å²) in [7, 11) is 1.51. The fraction of sp³-hybridized carbons (Fsp3) is 0.133. The van der Waals surface area contributed by atoms with Crippen LogP contribution in [0.1, 0.15) is 22.5 Å². The molecule has 9 nitrogen and oxygen atoms in total. The van der Waals surface area contributed by atoms with E-state index in [2.05, 4.69) is 4.98 Å². The molecule has 194 valence electrons. The van der Waals surface area contributed by atoms with Gasteiger partial charge in [-0.3, -0.25) is 14.4 Å². The van der Waals surface area contributed by atoms with Gasteiger partial charge in [-0.2, -0.15) is 0 Å². The molecule has 0 spiro atoms. The van der Waals surface area contributed by atoms with E-state index in [-0.39, 0.29) is 13.0 Å². The van der Waals surface area contributed by atoms with Crippen LogP contribution >= 0.6 is 0 Å². The first-order valence-electron chi connectivity index (χ1n) is 12.3.